The number of hydrogen-bond acceptors (Lipinski definition) is 5. The highest BCUT2D eigenvalue weighted by atomic mass is 127. The summed E-state index contributed by atoms with van der Waals surface area (Å²) in [6.45, 7) is 9.53. The Morgan fingerprint density at radius 1 is 0.966 bits per heavy atom. The molecule has 0 aliphatic heterocycles. The van der Waals surface area contributed by atoms with Crippen LogP contribution in [0.3, 0.4) is 0 Å². The third-order valence-electron chi connectivity index (χ3n) is 4.24. The molecule has 0 radical (unpaired) electrons. The van der Waals surface area contributed by atoms with E-state index in [-0.39, 0.29) is 12.2 Å². The van der Waals surface area contributed by atoms with Crippen LogP contribution in [0.2, 0.25) is 0 Å². The number of hydrogen-bond donors (Lipinski definition) is 1. The third-order valence-corrected chi connectivity index (χ3v) is 7.40. The Kier molecular flexibility index (Phi) is 8.59. The summed E-state index contributed by atoms with van der Waals surface area (Å²) >= 11 is 2.29. The fourth-order valence-electron chi connectivity index (χ4n) is 2.97. The maximum absolute atomic E-state index is 14.0. The van der Waals surface area contributed by atoms with Crippen LogP contribution in [0.5, 0.6) is 0 Å². The van der Waals surface area contributed by atoms with Crippen LogP contribution in [0.15, 0.2) is 42.5 Å². The summed E-state index contributed by atoms with van der Waals surface area (Å²) in [6, 6.07) is 14.1. The van der Waals surface area contributed by atoms with Crippen molar-refractivity contribution in [2.45, 2.75) is 52.6 Å². The Balaban J connectivity index is 2.54. The van der Waals surface area contributed by atoms with Crippen LogP contribution in [0.4, 0.5) is 11.4 Å². The molecule has 0 amide bonds. The van der Waals surface area contributed by atoms with E-state index < -0.39 is 13.4 Å². The standard InChI is InChI=1S/C22H32IN2O3P/c1-15(2)27-29(26,28-16(3)4)22(18-8-11-20(12-9-18)25(6)7)24-21-13-10-19(23)14-17(21)5/h8-16,22,24H,1-7H3. The van der Waals surface area contributed by atoms with E-state index in [2.05, 4.69) is 34.0 Å². The van der Waals surface area contributed by atoms with Gasteiger partial charge >= 0.3 is 7.60 Å². The normalized spacial score (nSPS) is 13.0. The van der Waals surface area contributed by atoms with Crippen molar-refractivity contribution in [1.82, 2.24) is 0 Å². The van der Waals surface area contributed by atoms with E-state index >= 15 is 0 Å². The molecule has 0 aliphatic rings. The Hall–Kier alpha value is -1.08. The van der Waals surface area contributed by atoms with Crippen LogP contribution in [-0.2, 0) is 13.6 Å². The van der Waals surface area contributed by atoms with Gasteiger partial charge in [0.25, 0.3) is 0 Å². The molecular weight excluding hydrogens is 498 g/mol. The Labute approximate surface area is 188 Å². The van der Waals surface area contributed by atoms with Crippen molar-refractivity contribution in [3.63, 3.8) is 0 Å². The minimum absolute atomic E-state index is 0.234. The van der Waals surface area contributed by atoms with Gasteiger partial charge in [0.15, 0.2) is 5.78 Å². The zero-order valence-corrected chi connectivity index (χ0v) is 21.3. The van der Waals surface area contributed by atoms with E-state index in [1.807, 2.05) is 90.0 Å². The molecule has 2 rings (SSSR count). The first-order valence-electron chi connectivity index (χ1n) is 9.78. The number of rotatable bonds is 9. The number of aryl methyl sites for hydroxylation is 1. The van der Waals surface area contributed by atoms with Crippen molar-refractivity contribution >= 4 is 41.6 Å². The summed E-state index contributed by atoms with van der Waals surface area (Å²) in [5.74, 6) is -0.623. The van der Waals surface area contributed by atoms with Gasteiger partial charge in [-0.3, -0.25) is 4.57 Å². The molecule has 0 spiro atoms. The second kappa shape index (κ2) is 10.3. The molecule has 0 saturated heterocycles. The van der Waals surface area contributed by atoms with Crippen LogP contribution in [0.25, 0.3) is 0 Å². The Morgan fingerprint density at radius 3 is 1.97 bits per heavy atom. The maximum atomic E-state index is 14.0. The highest BCUT2D eigenvalue weighted by molar-refractivity contribution is 14.1. The first-order chi connectivity index (χ1) is 13.5. The van der Waals surface area contributed by atoms with Crippen molar-refractivity contribution in [2.75, 3.05) is 24.3 Å². The lowest BCUT2D eigenvalue weighted by molar-refractivity contribution is 0.138. The lowest BCUT2D eigenvalue weighted by Crippen LogP contribution is -2.20. The zero-order chi connectivity index (χ0) is 21.8. The summed E-state index contributed by atoms with van der Waals surface area (Å²) in [6.07, 6.45) is -0.467. The molecule has 0 bridgehead atoms. The lowest BCUT2D eigenvalue weighted by Gasteiger charge is -2.32. The average molecular weight is 530 g/mol. The molecule has 7 heteroatoms. The van der Waals surface area contributed by atoms with Gasteiger partial charge in [-0.25, -0.2) is 0 Å². The van der Waals surface area contributed by atoms with Gasteiger partial charge < -0.3 is 19.3 Å². The average Bonchev–Trinajstić information content (AvgIpc) is 2.59. The van der Waals surface area contributed by atoms with Gasteiger partial charge in [-0.2, -0.15) is 0 Å². The molecule has 0 fully saturated rings. The minimum Gasteiger partial charge on any atom is -0.378 e. The number of anilines is 2. The monoisotopic (exact) mass is 530 g/mol. The number of nitrogens with zero attached hydrogens (tertiary/aromatic N) is 1. The molecule has 160 valence electrons. The van der Waals surface area contributed by atoms with Gasteiger partial charge in [0, 0.05) is 29.0 Å². The number of benzene rings is 2. The van der Waals surface area contributed by atoms with Gasteiger partial charge in [-0.05, 0) is 98.7 Å². The molecule has 0 aliphatic carbocycles. The molecule has 0 aromatic heterocycles. The van der Waals surface area contributed by atoms with Crippen molar-refractivity contribution in [3.05, 3.63) is 57.2 Å². The van der Waals surface area contributed by atoms with Gasteiger partial charge in [0.05, 0.1) is 12.2 Å². The second-order valence-corrected chi connectivity index (χ2v) is 11.1. The predicted molar refractivity (Wildman–Crippen MR) is 131 cm³/mol. The fraction of sp³-hybridized carbons (Fsp3) is 0.455. The largest absolute Gasteiger partial charge is 0.378 e. The van der Waals surface area contributed by atoms with Gasteiger partial charge in [-0.15, -0.1) is 0 Å². The molecule has 0 heterocycles. The number of nitrogens with one attached hydrogen (secondary N) is 1. The van der Waals surface area contributed by atoms with Crippen LogP contribution in [-0.4, -0.2) is 26.3 Å². The first kappa shape index (κ1) is 24.2. The zero-order valence-electron chi connectivity index (χ0n) is 18.3. The molecule has 1 N–H and O–H groups in total. The quantitative estimate of drug-likeness (QED) is 0.285. The van der Waals surface area contributed by atoms with E-state index in [1.165, 1.54) is 0 Å². The maximum Gasteiger partial charge on any atom is 0.357 e. The molecule has 1 unspecified atom stereocenters. The van der Waals surface area contributed by atoms with E-state index in [9.17, 15) is 4.57 Å². The van der Waals surface area contributed by atoms with Crippen molar-refractivity contribution < 1.29 is 13.6 Å². The smallest absolute Gasteiger partial charge is 0.357 e. The summed E-state index contributed by atoms with van der Waals surface area (Å²) < 4.78 is 27.0. The van der Waals surface area contributed by atoms with Crippen molar-refractivity contribution in [2.24, 2.45) is 0 Å². The Morgan fingerprint density at radius 2 is 1.52 bits per heavy atom. The topological polar surface area (TPSA) is 50.8 Å². The third kappa shape index (κ3) is 6.71. The highest BCUT2D eigenvalue weighted by Gasteiger charge is 2.39. The Bertz CT molecular complexity index is 840. The van der Waals surface area contributed by atoms with E-state index in [1.54, 1.807) is 0 Å². The molecule has 5 nitrogen and oxygen atoms in total. The molecule has 29 heavy (non-hydrogen) atoms. The molecule has 2 aromatic rings. The van der Waals surface area contributed by atoms with E-state index in [0.717, 1.165) is 26.1 Å². The van der Waals surface area contributed by atoms with Crippen LogP contribution < -0.4 is 10.2 Å². The van der Waals surface area contributed by atoms with Gasteiger partial charge in [0.2, 0.25) is 0 Å². The highest BCUT2D eigenvalue weighted by Crippen LogP contribution is 2.62. The van der Waals surface area contributed by atoms with Crippen LogP contribution >= 0.6 is 30.2 Å². The van der Waals surface area contributed by atoms with Gasteiger partial charge in [-0.1, -0.05) is 12.1 Å². The van der Waals surface area contributed by atoms with E-state index in [4.69, 9.17) is 9.05 Å². The lowest BCUT2D eigenvalue weighted by atomic mass is 10.1. The van der Waals surface area contributed by atoms with Gasteiger partial charge in [0.1, 0.15) is 0 Å². The second-order valence-electron chi connectivity index (χ2n) is 7.84. The summed E-state index contributed by atoms with van der Waals surface area (Å²) in [5.41, 5.74) is 3.92. The van der Waals surface area contributed by atoms with Crippen molar-refractivity contribution in [3.8, 4) is 0 Å². The number of halogens is 1. The minimum atomic E-state index is -3.53. The first-order valence-corrected chi connectivity index (χ1v) is 12.5. The van der Waals surface area contributed by atoms with E-state index in [0.29, 0.717) is 0 Å². The molecule has 0 saturated carbocycles. The SMILES string of the molecule is Cc1cc(I)ccc1NC(c1ccc(N(C)C)cc1)P(=O)(OC(C)C)OC(C)C. The summed E-state index contributed by atoms with van der Waals surface area (Å²) in [7, 11) is 0.463. The predicted octanol–water partition coefficient (Wildman–Crippen LogP) is 6.82. The fourth-order valence-corrected chi connectivity index (χ4v) is 5.92. The van der Waals surface area contributed by atoms with Crippen molar-refractivity contribution in [1.29, 1.82) is 0 Å². The van der Waals surface area contributed by atoms with Crippen LogP contribution in [0, 0.1) is 10.5 Å². The summed E-state index contributed by atoms with van der Waals surface area (Å²) in [4.78, 5) is 2.03. The molecule has 2 aromatic carbocycles. The molecule has 1 atom stereocenters. The molecular formula is C22H32IN2O3P. The van der Waals surface area contributed by atoms with Crippen LogP contribution in [0.1, 0.15) is 44.6 Å². The summed E-state index contributed by atoms with van der Waals surface area (Å²) in [5, 5.41) is 3.46.